The Morgan fingerprint density at radius 2 is 2.08 bits per heavy atom. The number of hydrogen-bond acceptors (Lipinski definition) is 2. The molecule has 0 unspecified atom stereocenters. The van der Waals surface area contributed by atoms with Crippen molar-refractivity contribution in [3.05, 3.63) is 26.1 Å². The average Bonchev–Trinajstić information content (AvgIpc) is 2.08. The topological polar surface area (TPSA) is 33.1 Å². The average molecular weight is 305 g/mol. The lowest BCUT2D eigenvalue weighted by molar-refractivity contribution is 0.273. The minimum atomic E-state index is -1.24. The Kier molecular flexibility index (Phi) is 3.19. The molecule has 0 radical (unpaired) electrons. The molecule has 1 N–H and O–H groups in total. The maximum atomic E-state index is 12.7. The second-order valence-electron chi connectivity index (χ2n) is 1.95. The van der Waals surface area contributed by atoms with Crippen LogP contribution in [-0.4, -0.2) is 10.1 Å². The van der Waals surface area contributed by atoms with Crippen molar-refractivity contribution >= 4 is 34.2 Å². The van der Waals surface area contributed by atoms with E-state index in [4.69, 9.17) is 16.7 Å². The van der Waals surface area contributed by atoms with E-state index in [0.29, 0.717) is 0 Å². The van der Waals surface area contributed by atoms with Gasteiger partial charge >= 0.3 is 0 Å². The molecule has 0 bridgehead atoms. The highest BCUT2D eigenvalue weighted by Crippen LogP contribution is 2.25. The van der Waals surface area contributed by atoms with Gasteiger partial charge in [-0.1, -0.05) is 11.6 Å². The lowest BCUT2D eigenvalue weighted by atomic mass is 10.3. The molecular weight excluding hydrogens is 302 g/mol. The van der Waals surface area contributed by atoms with Gasteiger partial charge < -0.3 is 5.11 Å². The highest BCUT2D eigenvalue weighted by Gasteiger charge is 2.15. The molecule has 0 aliphatic carbocycles. The Balaban J connectivity index is 3.39. The molecule has 0 aromatic carbocycles. The minimum Gasteiger partial charge on any atom is -0.390 e. The van der Waals surface area contributed by atoms with Gasteiger partial charge in [-0.25, -0.2) is 9.37 Å². The third-order valence-electron chi connectivity index (χ3n) is 1.20. The molecule has 12 heavy (non-hydrogen) atoms. The molecular formula is C6H3ClF2INO. The zero-order valence-corrected chi connectivity index (χ0v) is 8.53. The van der Waals surface area contributed by atoms with E-state index < -0.39 is 18.4 Å². The van der Waals surface area contributed by atoms with Crippen LogP contribution in [0.2, 0.25) is 5.02 Å². The summed E-state index contributed by atoms with van der Waals surface area (Å²) in [6.45, 7) is -0.508. The van der Waals surface area contributed by atoms with Gasteiger partial charge in [-0.3, -0.25) is 0 Å². The fourth-order valence-corrected chi connectivity index (χ4v) is 1.35. The first-order valence-corrected chi connectivity index (χ1v) is 4.33. The van der Waals surface area contributed by atoms with Gasteiger partial charge in [0.05, 0.1) is 20.9 Å². The van der Waals surface area contributed by atoms with Crippen molar-refractivity contribution in [3.8, 4) is 0 Å². The summed E-state index contributed by atoms with van der Waals surface area (Å²) in [6.07, 6.45) is 0. The van der Waals surface area contributed by atoms with Crippen molar-refractivity contribution in [2.75, 3.05) is 0 Å². The van der Waals surface area contributed by atoms with E-state index in [2.05, 4.69) is 4.98 Å². The smallest absolute Gasteiger partial charge is 0.250 e. The Morgan fingerprint density at radius 3 is 2.58 bits per heavy atom. The Bertz CT molecular complexity index is 321. The van der Waals surface area contributed by atoms with Crippen LogP contribution >= 0.6 is 34.2 Å². The van der Waals surface area contributed by atoms with Gasteiger partial charge in [0.15, 0.2) is 5.82 Å². The predicted octanol–water partition coefficient (Wildman–Crippen LogP) is 2.11. The summed E-state index contributed by atoms with van der Waals surface area (Å²) in [6, 6.07) is 0. The van der Waals surface area contributed by atoms with E-state index in [1.165, 1.54) is 0 Å². The first-order chi connectivity index (χ1) is 5.57. The maximum absolute atomic E-state index is 12.7. The van der Waals surface area contributed by atoms with E-state index in [1.807, 2.05) is 0 Å². The number of aromatic nitrogens is 1. The molecule has 2 nitrogen and oxygen atoms in total. The van der Waals surface area contributed by atoms with Gasteiger partial charge in [-0.2, -0.15) is 4.39 Å². The van der Waals surface area contributed by atoms with E-state index in [9.17, 15) is 8.78 Å². The highest BCUT2D eigenvalue weighted by atomic mass is 127. The first-order valence-electron chi connectivity index (χ1n) is 2.87. The highest BCUT2D eigenvalue weighted by molar-refractivity contribution is 14.1. The van der Waals surface area contributed by atoms with Crippen LogP contribution < -0.4 is 0 Å². The van der Waals surface area contributed by atoms with E-state index in [0.717, 1.165) is 0 Å². The van der Waals surface area contributed by atoms with Gasteiger partial charge in [0, 0.05) is 0 Å². The zero-order valence-electron chi connectivity index (χ0n) is 5.61. The Labute approximate surface area is 85.7 Å². The summed E-state index contributed by atoms with van der Waals surface area (Å²) in [5.74, 6) is -2.33. The molecule has 0 aliphatic heterocycles. The largest absolute Gasteiger partial charge is 0.390 e. The molecule has 0 saturated carbocycles. The minimum absolute atomic E-state index is 0.0444. The first kappa shape index (κ1) is 10.1. The van der Waals surface area contributed by atoms with Gasteiger partial charge in [0.1, 0.15) is 0 Å². The number of hydrogen-bond donors (Lipinski definition) is 1. The number of aliphatic hydroxyl groups excluding tert-OH is 1. The summed E-state index contributed by atoms with van der Waals surface area (Å²) >= 11 is 7.08. The lowest BCUT2D eigenvalue weighted by Gasteiger charge is -2.03. The van der Waals surface area contributed by atoms with Crippen LogP contribution in [0.5, 0.6) is 0 Å². The summed E-state index contributed by atoms with van der Waals surface area (Å²) in [7, 11) is 0. The molecule has 0 atom stereocenters. The molecule has 0 saturated heterocycles. The second-order valence-corrected chi connectivity index (χ2v) is 3.41. The second kappa shape index (κ2) is 3.80. The SMILES string of the molecule is OCc1nc(F)c(F)c(I)c1Cl. The molecule has 1 aromatic rings. The number of pyridine rings is 1. The van der Waals surface area contributed by atoms with Crippen molar-refractivity contribution in [2.45, 2.75) is 6.61 Å². The van der Waals surface area contributed by atoms with Crippen LogP contribution in [0, 0.1) is 15.3 Å². The van der Waals surface area contributed by atoms with Crippen molar-refractivity contribution < 1.29 is 13.9 Å². The van der Waals surface area contributed by atoms with E-state index in [1.54, 1.807) is 22.6 Å². The van der Waals surface area contributed by atoms with Crippen molar-refractivity contribution in [1.29, 1.82) is 0 Å². The van der Waals surface area contributed by atoms with Crippen LogP contribution in [0.4, 0.5) is 8.78 Å². The molecule has 6 heteroatoms. The lowest BCUT2D eigenvalue weighted by Crippen LogP contribution is -2.01. The normalized spacial score (nSPS) is 10.4. The number of aliphatic hydroxyl groups is 1. The van der Waals surface area contributed by atoms with Crippen molar-refractivity contribution in [3.63, 3.8) is 0 Å². The summed E-state index contributed by atoms with van der Waals surface area (Å²) in [5, 5.41) is 8.57. The fourth-order valence-electron chi connectivity index (χ4n) is 0.635. The van der Waals surface area contributed by atoms with E-state index >= 15 is 0 Å². The van der Waals surface area contributed by atoms with Crippen LogP contribution in [0.15, 0.2) is 0 Å². The standard InChI is InChI=1S/C6H3ClF2INO/c7-3-2(1-12)11-6(9)4(8)5(3)10/h12H,1H2. The fraction of sp³-hybridized carbons (Fsp3) is 0.167. The van der Waals surface area contributed by atoms with Gasteiger partial charge in [0.25, 0.3) is 0 Å². The molecule has 0 amide bonds. The third kappa shape index (κ3) is 1.67. The van der Waals surface area contributed by atoms with Gasteiger partial charge in [-0.05, 0) is 22.6 Å². The quantitative estimate of drug-likeness (QED) is 0.637. The predicted molar refractivity (Wildman–Crippen MR) is 47.8 cm³/mol. The molecule has 0 fully saturated rings. The number of rotatable bonds is 1. The summed E-state index contributed by atoms with van der Waals surface area (Å²) < 4.78 is 25.2. The zero-order chi connectivity index (χ0) is 9.30. The van der Waals surface area contributed by atoms with Gasteiger partial charge in [0.2, 0.25) is 5.95 Å². The van der Waals surface area contributed by atoms with E-state index in [-0.39, 0.29) is 14.3 Å². The summed E-state index contributed by atoms with van der Waals surface area (Å²) in [4.78, 5) is 3.12. The summed E-state index contributed by atoms with van der Waals surface area (Å²) in [5.41, 5.74) is -0.0556. The monoisotopic (exact) mass is 305 g/mol. The molecule has 0 aliphatic rings. The molecule has 66 valence electrons. The van der Waals surface area contributed by atoms with Crippen molar-refractivity contribution in [2.24, 2.45) is 0 Å². The van der Waals surface area contributed by atoms with Gasteiger partial charge in [-0.15, -0.1) is 0 Å². The Hall–Kier alpha value is -0.0100. The molecule has 1 rings (SSSR count). The molecule has 1 aromatic heterocycles. The van der Waals surface area contributed by atoms with Crippen molar-refractivity contribution in [1.82, 2.24) is 4.98 Å². The van der Waals surface area contributed by atoms with Crippen LogP contribution in [0.1, 0.15) is 5.69 Å². The maximum Gasteiger partial charge on any atom is 0.250 e. The number of halogens is 4. The molecule has 0 spiro atoms. The number of nitrogens with zero attached hydrogens (tertiary/aromatic N) is 1. The van der Waals surface area contributed by atoms with Crippen LogP contribution in [0.25, 0.3) is 0 Å². The third-order valence-corrected chi connectivity index (χ3v) is 2.94. The molecule has 1 heterocycles. The van der Waals surface area contributed by atoms with Crippen LogP contribution in [0.3, 0.4) is 0 Å². The Morgan fingerprint density at radius 1 is 1.50 bits per heavy atom. The van der Waals surface area contributed by atoms with Crippen LogP contribution in [-0.2, 0) is 6.61 Å².